The lowest BCUT2D eigenvalue weighted by Crippen LogP contribution is -2.42. The molecular formula is C16H17N3O2. The van der Waals surface area contributed by atoms with E-state index in [-0.39, 0.29) is 11.8 Å². The van der Waals surface area contributed by atoms with Gasteiger partial charge in [0.05, 0.1) is 5.52 Å². The van der Waals surface area contributed by atoms with Crippen molar-refractivity contribution in [3.05, 3.63) is 42.1 Å². The van der Waals surface area contributed by atoms with Gasteiger partial charge in [-0.05, 0) is 24.6 Å². The van der Waals surface area contributed by atoms with Crippen LogP contribution in [0.3, 0.4) is 0 Å². The molecule has 108 valence electrons. The Labute approximate surface area is 123 Å². The Morgan fingerprint density at radius 1 is 1.29 bits per heavy atom. The van der Waals surface area contributed by atoms with Gasteiger partial charge in [-0.25, -0.2) is 0 Å². The second-order valence-corrected chi connectivity index (χ2v) is 5.29. The molecule has 0 bridgehead atoms. The number of nitrogens with zero attached hydrogens (tertiary/aromatic N) is 2. The minimum Gasteiger partial charge on any atom is -0.345 e. The van der Waals surface area contributed by atoms with Crippen molar-refractivity contribution in [3.8, 4) is 0 Å². The maximum Gasteiger partial charge on any atom is 0.245 e. The number of hydrogen-bond donors (Lipinski definition) is 1. The molecule has 1 aliphatic heterocycles. The van der Waals surface area contributed by atoms with Gasteiger partial charge >= 0.3 is 0 Å². The Morgan fingerprint density at radius 2 is 2.10 bits per heavy atom. The van der Waals surface area contributed by atoms with Crippen LogP contribution in [-0.4, -0.2) is 34.3 Å². The summed E-state index contributed by atoms with van der Waals surface area (Å²) in [6, 6.07) is 9.34. The smallest absolute Gasteiger partial charge is 0.245 e. The van der Waals surface area contributed by atoms with Crippen molar-refractivity contribution >= 4 is 22.7 Å². The predicted molar refractivity (Wildman–Crippen MR) is 79.4 cm³/mol. The van der Waals surface area contributed by atoms with Crippen LogP contribution in [0.5, 0.6) is 0 Å². The molecule has 1 N–H and O–H groups in total. The van der Waals surface area contributed by atoms with E-state index in [1.54, 1.807) is 18.0 Å². The highest BCUT2D eigenvalue weighted by Gasteiger charge is 2.26. The summed E-state index contributed by atoms with van der Waals surface area (Å²) in [5, 5.41) is 3.75. The van der Waals surface area contributed by atoms with E-state index in [0.29, 0.717) is 19.5 Å². The third kappa shape index (κ3) is 2.72. The fraction of sp³-hybridized carbons (Fsp3) is 0.312. The van der Waals surface area contributed by atoms with Gasteiger partial charge in [0.1, 0.15) is 6.04 Å². The summed E-state index contributed by atoms with van der Waals surface area (Å²) in [4.78, 5) is 29.9. The Kier molecular flexibility index (Phi) is 3.56. The molecule has 1 saturated heterocycles. The van der Waals surface area contributed by atoms with E-state index in [2.05, 4.69) is 10.3 Å². The fourth-order valence-electron chi connectivity index (χ4n) is 2.65. The molecule has 5 heteroatoms. The van der Waals surface area contributed by atoms with E-state index in [4.69, 9.17) is 0 Å². The average molecular weight is 283 g/mol. The minimum atomic E-state index is -0.465. The molecule has 2 heterocycles. The number of aromatic nitrogens is 1. The van der Waals surface area contributed by atoms with Crippen LogP contribution >= 0.6 is 0 Å². The molecular weight excluding hydrogens is 266 g/mol. The molecule has 0 spiro atoms. The molecule has 0 saturated carbocycles. The van der Waals surface area contributed by atoms with E-state index in [9.17, 15) is 9.59 Å². The molecule has 0 aliphatic carbocycles. The van der Waals surface area contributed by atoms with Gasteiger partial charge in [0, 0.05) is 31.1 Å². The molecule has 1 atom stereocenters. The molecule has 1 aromatic heterocycles. The second kappa shape index (κ2) is 5.52. The van der Waals surface area contributed by atoms with Crippen molar-refractivity contribution < 1.29 is 9.59 Å². The number of amides is 2. The fourth-order valence-corrected chi connectivity index (χ4v) is 2.65. The number of carbonyl (C=O) groups excluding carboxylic acids is 2. The summed E-state index contributed by atoms with van der Waals surface area (Å²) in [6.45, 7) is 2.68. The van der Waals surface area contributed by atoms with E-state index in [1.807, 2.05) is 30.3 Å². The number of fused-ring (bicyclic) bond motifs is 1. The maximum atomic E-state index is 12.3. The summed E-state index contributed by atoms with van der Waals surface area (Å²) >= 11 is 0. The van der Waals surface area contributed by atoms with E-state index < -0.39 is 6.04 Å². The van der Waals surface area contributed by atoms with E-state index in [1.165, 1.54) is 0 Å². The van der Waals surface area contributed by atoms with Crippen molar-refractivity contribution in [2.24, 2.45) is 0 Å². The Hall–Kier alpha value is -2.43. The lowest BCUT2D eigenvalue weighted by atomic mass is 10.1. The quantitative estimate of drug-likeness (QED) is 0.908. The molecule has 1 aliphatic rings. The van der Waals surface area contributed by atoms with Crippen LogP contribution in [0.15, 0.2) is 36.5 Å². The number of nitrogens with one attached hydrogen (secondary N) is 1. The number of benzene rings is 1. The number of carbonyl (C=O) groups is 2. The van der Waals surface area contributed by atoms with Gasteiger partial charge in [0.15, 0.2) is 0 Å². The van der Waals surface area contributed by atoms with Crippen molar-refractivity contribution in [3.63, 3.8) is 0 Å². The first kappa shape index (κ1) is 13.5. The summed E-state index contributed by atoms with van der Waals surface area (Å²) < 4.78 is 0. The van der Waals surface area contributed by atoms with Gasteiger partial charge < -0.3 is 10.2 Å². The Morgan fingerprint density at radius 3 is 2.95 bits per heavy atom. The van der Waals surface area contributed by atoms with Crippen LogP contribution in [0.25, 0.3) is 10.9 Å². The van der Waals surface area contributed by atoms with Crippen molar-refractivity contribution in [1.82, 2.24) is 15.2 Å². The SMILES string of the molecule is CC1NC(=O)CCN(Cc2ccnc3ccccc23)C1=O. The molecule has 5 nitrogen and oxygen atoms in total. The average Bonchev–Trinajstić information content (AvgIpc) is 2.61. The molecule has 1 aromatic carbocycles. The zero-order valence-corrected chi connectivity index (χ0v) is 11.9. The number of para-hydroxylation sites is 1. The van der Waals surface area contributed by atoms with E-state index in [0.717, 1.165) is 16.5 Å². The van der Waals surface area contributed by atoms with Crippen molar-refractivity contribution in [1.29, 1.82) is 0 Å². The predicted octanol–water partition coefficient (Wildman–Crippen LogP) is 1.47. The van der Waals surface area contributed by atoms with Crippen LogP contribution in [0.2, 0.25) is 0 Å². The number of hydrogen-bond acceptors (Lipinski definition) is 3. The van der Waals surface area contributed by atoms with E-state index >= 15 is 0 Å². The first-order chi connectivity index (χ1) is 10.1. The highest BCUT2D eigenvalue weighted by atomic mass is 16.2. The normalized spacial score (nSPS) is 19.5. The monoisotopic (exact) mass is 283 g/mol. The molecule has 2 aromatic rings. The second-order valence-electron chi connectivity index (χ2n) is 5.29. The van der Waals surface area contributed by atoms with Crippen LogP contribution in [0.1, 0.15) is 18.9 Å². The Bertz CT molecular complexity index is 693. The van der Waals surface area contributed by atoms with Gasteiger partial charge in [0.2, 0.25) is 11.8 Å². The zero-order chi connectivity index (χ0) is 14.8. The highest BCUT2D eigenvalue weighted by Crippen LogP contribution is 2.19. The van der Waals surface area contributed by atoms with Crippen molar-refractivity contribution in [2.45, 2.75) is 25.9 Å². The summed E-state index contributed by atoms with van der Waals surface area (Å²) in [6.07, 6.45) is 2.10. The third-order valence-electron chi connectivity index (χ3n) is 3.77. The zero-order valence-electron chi connectivity index (χ0n) is 11.9. The lowest BCUT2D eigenvalue weighted by molar-refractivity contribution is -0.133. The summed E-state index contributed by atoms with van der Waals surface area (Å²) in [7, 11) is 0. The first-order valence-electron chi connectivity index (χ1n) is 7.06. The molecule has 1 fully saturated rings. The maximum absolute atomic E-state index is 12.3. The summed E-state index contributed by atoms with van der Waals surface area (Å²) in [5.74, 6) is -0.111. The minimum absolute atomic E-state index is 0.0401. The molecule has 21 heavy (non-hydrogen) atoms. The first-order valence-corrected chi connectivity index (χ1v) is 7.06. The van der Waals surface area contributed by atoms with Crippen LogP contribution < -0.4 is 5.32 Å². The standard InChI is InChI=1S/C16H17N3O2/c1-11-16(21)19(9-7-15(20)18-11)10-12-6-8-17-14-5-3-2-4-13(12)14/h2-6,8,11H,7,9-10H2,1H3,(H,18,20). The van der Waals surface area contributed by atoms with Crippen LogP contribution in [0.4, 0.5) is 0 Å². The van der Waals surface area contributed by atoms with Crippen LogP contribution in [-0.2, 0) is 16.1 Å². The molecule has 2 amide bonds. The van der Waals surface area contributed by atoms with Crippen molar-refractivity contribution in [2.75, 3.05) is 6.54 Å². The van der Waals surface area contributed by atoms with Gasteiger partial charge in [-0.3, -0.25) is 14.6 Å². The van der Waals surface area contributed by atoms with Gasteiger partial charge in [-0.1, -0.05) is 18.2 Å². The highest BCUT2D eigenvalue weighted by molar-refractivity contribution is 5.90. The number of rotatable bonds is 2. The summed E-state index contributed by atoms with van der Waals surface area (Å²) in [5.41, 5.74) is 1.97. The molecule has 3 rings (SSSR count). The number of pyridine rings is 1. The van der Waals surface area contributed by atoms with Gasteiger partial charge in [-0.2, -0.15) is 0 Å². The molecule has 0 radical (unpaired) electrons. The van der Waals surface area contributed by atoms with Crippen LogP contribution in [0, 0.1) is 0 Å². The largest absolute Gasteiger partial charge is 0.345 e. The van der Waals surface area contributed by atoms with Gasteiger partial charge in [-0.15, -0.1) is 0 Å². The van der Waals surface area contributed by atoms with Gasteiger partial charge in [0.25, 0.3) is 0 Å². The lowest BCUT2D eigenvalue weighted by Gasteiger charge is -2.23. The third-order valence-corrected chi connectivity index (χ3v) is 3.77. The Balaban J connectivity index is 1.90. The topological polar surface area (TPSA) is 62.3 Å². The molecule has 1 unspecified atom stereocenters.